The van der Waals surface area contributed by atoms with E-state index in [1.54, 1.807) is 0 Å². The number of carbonyl (C=O) groups excluding carboxylic acids is 1. The molecular formula is C14H25N3O3. The van der Waals surface area contributed by atoms with Crippen LogP contribution in [0.5, 0.6) is 0 Å². The number of hydrogen-bond acceptors (Lipinski definition) is 5. The molecule has 0 spiro atoms. The molecule has 0 bridgehead atoms. The van der Waals surface area contributed by atoms with E-state index >= 15 is 0 Å². The Hall–Kier alpha value is -1.43. The summed E-state index contributed by atoms with van der Waals surface area (Å²) in [5, 5.41) is 15.5. The van der Waals surface area contributed by atoms with E-state index in [2.05, 4.69) is 15.5 Å². The maximum Gasteiger partial charge on any atom is 0.226 e. The van der Waals surface area contributed by atoms with Gasteiger partial charge in [-0.3, -0.25) is 4.79 Å². The molecule has 1 amide bonds. The number of aliphatic hydroxyl groups excluding tert-OH is 1. The van der Waals surface area contributed by atoms with Gasteiger partial charge in [0, 0.05) is 30.9 Å². The first-order valence-electron chi connectivity index (χ1n) is 7.06. The maximum absolute atomic E-state index is 11.6. The van der Waals surface area contributed by atoms with Gasteiger partial charge in [0.1, 0.15) is 0 Å². The molecule has 1 unspecified atom stereocenters. The summed E-state index contributed by atoms with van der Waals surface area (Å²) in [5.41, 5.74) is -0.126. The largest absolute Gasteiger partial charge is 0.396 e. The molecule has 6 nitrogen and oxygen atoms in total. The number of aliphatic hydroxyl groups is 1. The van der Waals surface area contributed by atoms with Gasteiger partial charge in [-0.2, -0.15) is 4.98 Å². The molecule has 1 heterocycles. The summed E-state index contributed by atoms with van der Waals surface area (Å²) < 4.78 is 5.17. The molecule has 0 aliphatic carbocycles. The average molecular weight is 283 g/mol. The Morgan fingerprint density at radius 3 is 2.70 bits per heavy atom. The summed E-state index contributed by atoms with van der Waals surface area (Å²) in [6.45, 7) is 8.04. The summed E-state index contributed by atoms with van der Waals surface area (Å²) in [6.07, 6.45) is 2.27. The highest BCUT2D eigenvalue weighted by molar-refractivity contribution is 5.76. The number of carbonyl (C=O) groups is 1. The molecule has 0 aliphatic heterocycles. The van der Waals surface area contributed by atoms with Crippen LogP contribution in [0.1, 0.15) is 58.7 Å². The highest BCUT2D eigenvalue weighted by Crippen LogP contribution is 2.18. The summed E-state index contributed by atoms with van der Waals surface area (Å²) in [4.78, 5) is 15.9. The zero-order valence-corrected chi connectivity index (χ0v) is 12.8. The van der Waals surface area contributed by atoms with Crippen molar-refractivity contribution in [3.8, 4) is 0 Å². The first-order valence-corrected chi connectivity index (χ1v) is 7.06. The minimum atomic E-state index is -0.126. The van der Waals surface area contributed by atoms with Gasteiger partial charge in [0.05, 0.1) is 0 Å². The van der Waals surface area contributed by atoms with Crippen molar-refractivity contribution in [1.82, 2.24) is 15.5 Å². The number of nitrogens with zero attached hydrogens (tertiary/aromatic N) is 2. The van der Waals surface area contributed by atoms with Crippen molar-refractivity contribution in [2.75, 3.05) is 6.61 Å². The number of aromatic nitrogens is 2. The van der Waals surface area contributed by atoms with Crippen LogP contribution in [0.4, 0.5) is 0 Å². The number of nitrogens with one attached hydrogen (secondary N) is 1. The second-order valence-corrected chi connectivity index (χ2v) is 6.10. The standard InChI is InChI=1S/C14H25N3O3/c1-10(8-9-18)15-11(19)6-5-7-12-16-13(17-20-12)14(2,3)4/h10,18H,5-9H2,1-4H3,(H,15,19). The van der Waals surface area contributed by atoms with Crippen LogP contribution < -0.4 is 5.32 Å². The van der Waals surface area contributed by atoms with Gasteiger partial charge in [0.2, 0.25) is 11.8 Å². The minimum Gasteiger partial charge on any atom is -0.396 e. The molecule has 0 saturated carbocycles. The fourth-order valence-electron chi connectivity index (χ4n) is 1.67. The lowest BCUT2D eigenvalue weighted by atomic mass is 9.96. The Morgan fingerprint density at radius 2 is 2.15 bits per heavy atom. The molecule has 1 atom stereocenters. The Kier molecular flexibility index (Phi) is 6.13. The second-order valence-electron chi connectivity index (χ2n) is 6.10. The third-order valence-corrected chi connectivity index (χ3v) is 2.90. The van der Waals surface area contributed by atoms with Crippen LogP contribution >= 0.6 is 0 Å². The molecule has 1 rings (SSSR count). The van der Waals surface area contributed by atoms with E-state index in [4.69, 9.17) is 9.63 Å². The third kappa shape index (κ3) is 5.69. The molecule has 1 aromatic heterocycles. The average Bonchev–Trinajstić information content (AvgIpc) is 2.77. The Balaban J connectivity index is 2.30. The summed E-state index contributed by atoms with van der Waals surface area (Å²) in [5.74, 6) is 1.25. The van der Waals surface area contributed by atoms with Crippen LogP contribution in [0.2, 0.25) is 0 Å². The van der Waals surface area contributed by atoms with Crippen LogP contribution in [0.3, 0.4) is 0 Å². The quantitative estimate of drug-likeness (QED) is 0.793. The zero-order chi connectivity index (χ0) is 15.2. The van der Waals surface area contributed by atoms with Gasteiger partial charge in [0.15, 0.2) is 5.82 Å². The first-order chi connectivity index (χ1) is 9.32. The molecule has 0 saturated heterocycles. The lowest BCUT2D eigenvalue weighted by molar-refractivity contribution is -0.121. The normalized spacial score (nSPS) is 13.2. The Bertz CT molecular complexity index is 424. The highest BCUT2D eigenvalue weighted by Gasteiger charge is 2.20. The third-order valence-electron chi connectivity index (χ3n) is 2.90. The topological polar surface area (TPSA) is 88.2 Å². The Labute approximate surface area is 120 Å². The van der Waals surface area contributed by atoms with E-state index in [0.29, 0.717) is 37.4 Å². The monoisotopic (exact) mass is 283 g/mol. The van der Waals surface area contributed by atoms with Crippen molar-refractivity contribution in [3.05, 3.63) is 11.7 Å². The SMILES string of the molecule is CC(CCO)NC(=O)CCCc1nc(C(C)(C)C)no1. The second kappa shape index (κ2) is 7.38. The van der Waals surface area contributed by atoms with Gasteiger partial charge in [-0.1, -0.05) is 25.9 Å². The predicted octanol–water partition coefficient (Wildman–Crippen LogP) is 1.58. The molecule has 6 heteroatoms. The molecule has 0 radical (unpaired) electrons. The number of hydrogen-bond donors (Lipinski definition) is 2. The highest BCUT2D eigenvalue weighted by atomic mass is 16.5. The molecule has 20 heavy (non-hydrogen) atoms. The van der Waals surface area contributed by atoms with Gasteiger partial charge in [-0.05, 0) is 19.8 Å². The van der Waals surface area contributed by atoms with E-state index in [1.807, 2.05) is 27.7 Å². The van der Waals surface area contributed by atoms with Gasteiger partial charge >= 0.3 is 0 Å². The zero-order valence-electron chi connectivity index (χ0n) is 12.8. The molecular weight excluding hydrogens is 258 g/mol. The number of amides is 1. The predicted molar refractivity (Wildman–Crippen MR) is 75.2 cm³/mol. The first kappa shape index (κ1) is 16.6. The molecule has 1 aromatic rings. The van der Waals surface area contributed by atoms with E-state index < -0.39 is 0 Å². The fourth-order valence-corrected chi connectivity index (χ4v) is 1.67. The molecule has 2 N–H and O–H groups in total. The summed E-state index contributed by atoms with van der Waals surface area (Å²) in [7, 11) is 0. The van der Waals surface area contributed by atoms with E-state index in [-0.39, 0.29) is 24.0 Å². The Morgan fingerprint density at radius 1 is 1.45 bits per heavy atom. The smallest absolute Gasteiger partial charge is 0.226 e. The van der Waals surface area contributed by atoms with Crippen LogP contribution in [0.25, 0.3) is 0 Å². The summed E-state index contributed by atoms with van der Waals surface area (Å²) >= 11 is 0. The van der Waals surface area contributed by atoms with Crippen LogP contribution in [0.15, 0.2) is 4.52 Å². The van der Waals surface area contributed by atoms with Crippen molar-refractivity contribution >= 4 is 5.91 Å². The van der Waals surface area contributed by atoms with Gasteiger partial charge < -0.3 is 14.9 Å². The van der Waals surface area contributed by atoms with Crippen molar-refractivity contribution in [2.45, 2.75) is 64.8 Å². The van der Waals surface area contributed by atoms with E-state index in [9.17, 15) is 4.79 Å². The van der Waals surface area contributed by atoms with Gasteiger partial charge in [-0.15, -0.1) is 0 Å². The lowest BCUT2D eigenvalue weighted by Gasteiger charge is -2.11. The van der Waals surface area contributed by atoms with Crippen molar-refractivity contribution < 1.29 is 14.4 Å². The van der Waals surface area contributed by atoms with Crippen LogP contribution in [-0.4, -0.2) is 33.8 Å². The van der Waals surface area contributed by atoms with E-state index in [1.165, 1.54) is 0 Å². The van der Waals surface area contributed by atoms with Crippen LogP contribution in [0, 0.1) is 0 Å². The van der Waals surface area contributed by atoms with Crippen molar-refractivity contribution in [1.29, 1.82) is 0 Å². The lowest BCUT2D eigenvalue weighted by Crippen LogP contribution is -2.33. The number of aryl methyl sites for hydroxylation is 1. The number of rotatable bonds is 7. The molecule has 114 valence electrons. The maximum atomic E-state index is 11.6. The van der Waals surface area contributed by atoms with Gasteiger partial charge in [-0.25, -0.2) is 0 Å². The fraction of sp³-hybridized carbons (Fsp3) is 0.786. The molecule has 0 aliphatic rings. The van der Waals surface area contributed by atoms with Crippen molar-refractivity contribution in [2.24, 2.45) is 0 Å². The van der Waals surface area contributed by atoms with Gasteiger partial charge in [0.25, 0.3) is 0 Å². The van der Waals surface area contributed by atoms with Crippen LogP contribution in [-0.2, 0) is 16.6 Å². The molecule has 0 fully saturated rings. The molecule has 0 aromatic carbocycles. The summed E-state index contributed by atoms with van der Waals surface area (Å²) in [6, 6.07) is 0.00315. The minimum absolute atomic E-state index is 0.00315. The van der Waals surface area contributed by atoms with E-state index in [0.717, 1.165) is 0 Å². The van der Waals surface area contributed by atoms with Crippen molar-refractivity contribution in [3.63, 3.8) is 0 Å².